The minimum atomic E-state index is 0.973. The molecule has 0 fully saturated rings. The van der Waals surface area contributed by atoms with E-state index < -0.39 is 0 Å². The van der Waals surface area contributed by atoms with E-state index in [1.807, 2.05) is 11.3 Å². The van der Waals surface area contributed by atoms with E-state index in [0.717, 1.165) is 27.0 Å². The van der Waals surface area contributed by atoms with Crippen molar-refractivity contribution in [1.82, 2.24) is 9.97 Å². The third-order valence-electron chi connectivity index (χ3n) is 10.8. The highest BCUT2D eigenvalue weighted by molar-refractivity contribution is 7.27. The zero-order valence-electron chi connectivity index (χ0n) is 30.2. The van der Waals surface area contributed by atoms with Crippen LogP contribution in [0.1, 0.15) is 0 Å². The lowest BCUT2D eigenvalue weighted by molar-refractivity contribution is 1.24. The van der Waals surface area contributed by atoms with Gasteiger partial charge in [0.05, 0.1) is 15.9 Å². The summed E-state index contributed by atoms with van der Waals surface area (Å²) in [6, 6.07) is 68.3. The van der Waals surface area contributed by atoms with Gasteiger partial charge in [-0.1, -0.05) is 146 Å². The summed E-state index contributed by atoms with van der Waals surface area (Å²) in [5.74, 6) is 0. The summed E-state index contributed by atoms with van der Waals surface area (Å²) in [5, 5.41) is 3.74. The van der Waals surface area contributed by atoms with Crippen molar-refractivity contribution in [3.05, 3.63) is 194 Å². The molecule has 11 rings (SSSR count). The maximum atomic E-state index is 4.82. The average molecular weight is 749 g/mol. The molecule has 0 aliphatic rings. The molecule has 0 bridgehead atoms. The molecule has 56 heavy (non-hydrogen) atoms. The molecule has 4 heteroatoms. The molecule has 8 aromatic carbocycles. The maximum absolute atomic E-state index is 4.82. The highest BCUT2D eigenvalue weighted by atomic mass is 32.1. The second-order valence-corrected chi connectivity index (χ2v) is 16.2. The lowest BCUT2D eigenvalue weighted by Crippen LogP contribution is -1.88. The molecule has 3 aromatic heterocycles. The van der Waals surface area contributed by atoms with E-state index in [4.69, 9.17) is 9.97 Å². The first kappa shape index (κ1) is 32.7. The van der Waals surface area contributed by atoms with Crippen molar-refractivity contribution in [1.29, 1.82) is 0 Å². The molecule has 2 nitrogen and oxygen atoms in total. The van der Waals surface area contributed by atoms with Crippen LogP contribution in [0.3, 0.4) is 0 Å². The van der Waals surface area contributed by atoms with E-state index in [2.05, 4.69) is 188 Å². The molecular weight excluding hydrogens is 717 g/mol. The summed E-state index contributed by atoms with van der Waals surface area (Å²) in [5.41, 5.74) is 15.2. The zero-order chi connectivity index (χ0) is 37.0. The minimum absolute atomic E-state index is 0.973. The third-order valence-corrected chi connectivity index (χ3v) is 13.2. The Labute approximate surface area is 332 Å². The Hall–Kier alpha value is -6.72. The Bertz CT molecular complexity index is 3240. The number of aromatic nitrogens is 2. The van der Waals surface area contributed by atoms with Gasteiger partial charge >= 0.3 is 0 Å². The number of benzene rings is 8. The van der Waals surface area contributed by atoms with Gasteiger partial charge in [-0.3, -0.25) is 0 Å². The number of hydrogen-bond donors (Lipinski definition) is 0. The molecule has 0 atom stereocenters. The van der Waals surface area contributed by atoms with Crippen molar-refractivity contribution in [2.45, 2.75) is 0 Å². The van der Waals surface area contributed by atoms with Gasteiger partial charge in [0.2, 0.25) is 0 Å². The number of hydrogen-bond acceptors (Lipinski definition) is 4. The van der Waals surface area contributed by atoms with Crippen molar-refractivity contribution < 1.29 is 0 Å². The number of fused-ring (bicyclic) bond motifs is 6. The second-order valence-electron chi connectivity index (χ2n) is 14.2. The lowest BCUT2D eigenvalue weighted by Gasteiger charge is -2.12. The zero-order valence-corrected chi connectivity index (χ0v) is 31.8. The topological polar surface area (TPSA) is 25.8 Å². The number of rotatable bonds is 6. The van der Waals surface area contributed by atoms with E-state index in [1.165, 1.54) is 80.3 Å². The molecule has 0 aliphatic carbocycles. The van der Waals surface area contributed by atoms with Crippen molar-refractivity contribution in [3.8, 4) is 66.9 Å². The molecule has 11 aromatic rings. The average Bonchev–Trinajstić information content (AvgIpc) is 3.85. The standard InChI is InChI=1S/C52H32N2S2/c1-4-14-33(15-5-1)40-28-43(35-18-8-3-9-19-35)50-45(30-40)46-31-41(34-16-6-2-7-17-34)29-44(51(46)56-50)38-22-12-20-36(26-38)37-21-13-23-39(27-37)48-52-49(54-32-53-48)42-24-10-11-25-47(42)55-52/h1-32H. The van der Waals surface area contributed by atoms with Crippen LogP contribution in [0, 0.1) is 0 Å². The predicted octanol–water partition coefficient (Wildman–Crippen LogP) is 15.2. The lowest BCUT2D eigenvalue weighted by atomic mass is 9.92. The fraction of sp³-hybridized carbons (Fsp3) is 0. The van der Waals surface area contributed by atoms with E-state index >= 15 is 0 Å². The molecule has 0 N–H and O–H groups in total. The molecule has 0 amide bonds. The highest BCUT2D eigenvalue weighted by Crippen LogP contribution is 2.48. The normalized spacial score (nSPS) is 11.6. The van der Waals surface area contributed by atoms with Crippen molar-refractivity contribution >= 4 is 63.1 Å². The first-order valence-corrected chi connectivity index (χ1v) is 20.4. The molecule has 0 spiro atoms. The van der Waals surface area contributed by atoms with Gasteiger partial charge in [-0.2, -0.15) is 0 Å². The largest absolute Gasteiger partial charge is 0.235 e. The van der Waals surface area contributed by atoms with Gasteiger partial charge in [-0.05, 0) is 87.0 Å². The summed E-state index contributed by atoms with van der Waals surface area (Å²) in [4.78, 5) is 9.51. The van der Waals surface area contributed by atoms with E-state index in [1.54, 1.807) is 17.7 Å². The molecule has 0 unspecified atom stereocenters. The van der Waals surface area contributed by atoms with E-state index in [9.17, 15) is 0 Å². The van der Waals surface area contributed by atoms with Crippen LogP contribution in [-0.4, -0.2) is 9.97 Å². The summed E-state index contributed by atoms with van der Waals surface area (Å²) >= 11 is 3.67. The maximum Gasteiger partial charge on any atom is 0.116 e. The summed E-state index contributed by atoms with van der Waals surface area (Å²) in [6.07, 6.45) is 1.70. The molecule has 0 aliphatic heterocycles. The molecule has 0 saturated heterocycles. The van der Waals surface area contributed by atoms with Crippen LogP contribution in [-0.2, 0) is 0 Å². The van der Waals surface area contributed by atoms with Gasteiger partial charge in [0.15, 0.2) is 0 Å². The Morgan fingerprint density at radius 2 is 0.804 bits per heavy atom. The van der Waals surface area contributed by atoms with Gasteiger partial charge in [0.1, 0.15) is 6.33 Å². The summed E-state index contributed by atoms with van der Waals surface area (Å²) in [7, 11) is 0. The van der Waals surface area contributed by atoms with Crippen molar-refractivity contribution in [2.75, 3.05) is 0 Å². The van der Waals surface area contributed by atoms with E-state index in [0.29, 0.717) is 0 Å². The third kappa shape index (κ3) is 5.62. The Balaban J connectivity index is 1.11. The number of nitrogens with zero attached hydrogens (tertiary/aromatic N) is 2. The SMILES string of the molecule is c1ccc(-c2cc(-c3ccccc3)c3sc4c(-c5cccc(-c6cccc(-c7ncnc8c7sc7ccccc78)c6)c5)cc(-c5ccccc5)cc4c3c2)cc1. The number of thiophene rings is 2. The van der Waals surface area contributed by atoms with Gasteiger partial charge < -0.3 is 0 Å². The minimum Gasteiger partial charge on any atom is -0.235 e. The molecule has 0 saturated carbocycles. The van der Waals surface area contributed by atoms with Crippen LogP contribution in [0.25, 0.3) is 107 Å². The van der Waals surface area contributed by atoms with Crippen molar-refractivity contribution in [3.63, 3.8) is 0 Å². The first-order chi connectivity index (χ1) is 27.7. The molecule has 262 valence electrons. The molecule has 3 heterocycles. The quantitative estimate of drug-likeness (QED) is 0.169. The molecule has 0 radical (unpaired) electrons. The Morgan fingerprint density at radius 1 is 0.304 bits per heavy atom. The Morgan fingerprint density at radius 3 is 1.45 bits per heavy atom. The van der Waals surface area contributed by atoms with Crippen LogP contribution in [0.4, 0.5) is 0 Å². The first-order valence-electron chi connectivity index (χ1n) is 18.8. The van der Waals surface area contributed by atoms with Crippen LogP contribution >= 0.6 is 22.7 Å². The fourth-order valence-electron chi connectivity index (χ4n) is 8.06. The predicted molar refractivity (Wildman–Crippen MR) is 240 cm³/mol. The van der Waals surface area contributed by atoms with Crippen LogP contribution in [0.5, 0.6) is 0 Å². The van der Waals surface area contributed by atoms with Gasteiger partial charge in [-0.15, -0.1) is 22.7 Å². The van der Waals surface area contributed by atoms with Gasteiger partial charge in [0.25, 0.3) is 0 Å². The molecular formula is C52H32N2S2. The summed E-state index contributed by atoms with van der Waals surface area (Å²) < 4.78 is 4.94. The highest BCUT2D eigenvalue weighted by Gasteiger charge is 2.19. The van der Waals surface area contributed by atoms with Gasteiger partial charge in [-0.25, -0.2) is 9.97 Å². The smallest absolute Gasteiger partial charge is 0.116 e. The van der Waals surface area contributed by atoms with Gasteiger partial charge in [0, 0.05) is 46.9 Å². The Kier molecular flexibility index (Phi) is 7.90. The van der Waals surface area contributed by atoms with Crippen LogP contribution in [0.2, 0.25) is 0 Å². The van der Waals surface area contributed by atoms with Crippen molar-refractivity contribution in [2.24, 2.45) is 0 Å². The van der Waals surface area contributed by atoms with E-state index in [-0.39, 0.29) is 0 Å². The van der Waals surface area contributed by atoms with Crippen LogP contribution < -0.4 is 0 Å². The second kappa shape index (κ2) is 13.5. The summed E-state index contributed by atoms with van der Waals surface area (Å²) in [6.45, 7) is 0. The fourth-order valence-corrected chi connectivity index (χ4v) is 10.6. The van der Waals surface area contributed by atoms with Crippen LogP contribution in [0.15, 0.2) is 194 Å². The monoisotopic (exact) mass is 748 g/mol.